The Morgan fingerprint density at radius 1 is 1.30 bits per heavy atom. The Bertz CT molecular complexity index is 694. The van der Waals surface area contributed by atoms with Gasteiger partial charge in [-0.1, -0.05) is 11.6 Å². The van der Waals surface area contributed by atoms with Gasteiger partial charge in [-0.3, -0.25) is 4.79 Å². The zero-order valence-electron chi connectivity index (χ0n) is 12.4. The number of amides is 1. The van der Waals surface area contributed by atoms with Crippen molar-refractivity contribution < 1.29 is 9.53 Å². The predicted octanol–water partition coefficient (Wildman–Crippen LogP) is 3.29. The molecule has 3 heterocycles. The summed E-state index contributed by atoms with van der Waals surface area (Å²) in [6.07, 6.45) is 4.89. The van der Waals surface area contributed by atoms with Gasteiger partial charge in [-0.2, -0.15) is 0 Å². The molecule has 120 valence electrons. The van der Waals surface area contributed by atoms with E-state index in [9.17, 15) is 4.79 Å². The van der Waals surface area contributed by atoms with Crippen molar-refractivity contribution in [3.8, 4) is 0 Å². The highest BCUT2D eigenvalue weighted by Crippen LogP contribution is 2.22. The number of ether oxygens (including phenoxy) is 1. The molecular formula is C16H16ClN3O2S. The van der Waals surface area contributed by atoms with E-state index in [-0.39, 0.29) is 5.91 Å². The Morgan fingerprint density at radius 3 is 2.78 bits per heavy atom. The summed E-state index contributed by atoms with van der Waals surface area (Å²) < 4.78 is 6.02. The topological polar surface area (TPSA) is 54.5 Å². The normalized spacial score (nSPS) is 15.1. The highest BCUT2D eigenvalue weighted by atomic mass is 35.5. The maximum atomic E-state index is 11.9. The van der Waals surface area contributed by atoms with Crippen molar-refractivity contribution in [3.63, 3.8) is 0 Å². The van der Waals surface area contributed by atoms with Crippen molar-refractivity contribution >= 4 is 46.4 Å². The van der Waals surface area contributed by atoms with Crippen molar-refractivity contribution in [2.75, 3.05) is 36.5 Å². The maximum absolute atomic E-state index is 11.9. The van der Waals surface area contributed by atoms with E-state index in [1.165, 1.54) is 17.4 Å². The lowest BCUT2D eigenvalue weighted by Gasteiger charge is -2.27. The number of carbonyl (C=O) groups is 1. The van der Waals surface area contributed by atoms with Crippen molar-refractivity contribution in [1.82, 2.24) is 4.98 Å². The fourth-order valence-electron chi connectivity index (χ4n) is 2.20. The molecule has 0 atom stereocenters. The minimum atomic E-state index is -0.199. The van der Waals surface area contributed by atoms with E-state index in [1.54, 1.807) is 18.3 Å². The van der Waals surface area contributed by atoms with Gasteiger partial charge in [0.15, 0.2) is 0 Å². The van der Waals surface area contributed by atoms with Crippen LogP contribution in [0.5, 0.6) is 0 Å². The molecule has 5 nitrogen and oxygen atoms in total. The second kappa shape index (κ2) is 7.59. The second-order valence-corrected chi connectivity index (χ2v) is 6.72. The number of nitrogens with one attached hydrogen (secondary N) is 1. The Hall–Kier alpha value is -1.89. The number of halogens is 1. The molecule has 0 aliphatic carbocycles. The summed E-state index contributed by atoms with van der Waals surface area (Å²) in [5.41, 5.74) is 0.667. The molecule has 1 aliphatic heterocycles. The molecule has 0 bridgehead atoms. The van der Waals surface area contributed by atoms with Gasteiger partial charge in [-0.15, -0.1) is 11.3 Å². The molecule has 1 N–H and O–H groups in total. The molecular weight excluding hydrogens is 334 g/mol. The van der Waals surface area contributed by atoms with Crippen LogP contribution in [0.2, 0.25) is 4.34 Å². The van der Waals surface area contributed by atoms with Crippen LogP contribution >= 0.6 is 22.9 Å². The van der Waals surface area contributed by atoms with Crippen LogP contribution in [0.25, 0.3) is 6.08 Å². The molecule has 0 unspecified atom stereocenters. The average molecular weight is 350 g/mol. The molecule has 2 aromatic rings. The van der Waals surface area contributed by atoms with Gasteiger partial charge < -0.3 is 15.0 Å². The molecule has 0 saturated carbocycles. The van der Waals surface area contributed by atoms with Crippen LogP contribution in [-0.2, 0) is 9.53 Å². The number of rotatable bonds is 4. The minimum absolute atomic E-state index is 0.199. The third-order valence-electron chi connectivity index (χ3n) is 3.34. The van der Waals surface area contributed by atoms with Crippen molar-refractivity contribution in [1.29, 1.82) is 0 Å². The zero-order chi connectivity index (χ0) is 16.1. The number of hydrogen-bond acceptors (Lipinski definition) is 5. The lowest BCUT2D eigenvalue weighted by atomic mass is 10.3. The molecule has 7 heteroatoms. The maximum Gasteiger partial charge on any atom is 0.248 e. The Labute approximate surface area is 143 Å². The standard InChI is InChI=1S/C16H16ClN3O2S/c17-14-4-2-13(23-14)3-6-16(21)19-12-1-5-15(18-11-12)20-7-9-22-10-8-20/h1-6,11H,7-10H2,(H,19,21). The second-order valence-electron chi connectivity index (χ2n) is 4.97. The largest absolute Gasteiger partial charge is 0.378 e. The molecule has 0 aromatic carbocycles. The number of anilines is 2. The lowest BCUT2D eigenvalue weighted by Crippen LogP contribution is -2.36. The number of thiophene rings is 1. The van der Waals surface area contributed by atoms with Crippen LogP contribution in [-0.4, -0.2) is 37.2 Å². The molecule has 23 heavy (non-hydrogen) atoms. The van der Waals surface area contributed by atoms with Crippen LogP contribution in [0.15, 0.2) is 36.5 Å². The van der Waals surface area contributed by atoms with Gasteiger partial charge in [0.05, 0.1) is 29.4 Å². The van der Waals surface area contributed by atoms with Crippen molar-refractivity contribution in [3.05, 3.63) is 45.8 Å². The van der Waals surface area contributed by atoms with E-state index in [4.69, 9.17) is 16.3 Å². The smallest absolute Gasteiger partial charge is 0.248 e. The van der Waals surface area contributed by atoms with Gasteiger partial charge in [-0.05, 0) is 30.3 Å². The van der Waals surface area contributed by atoms with E-state index in [0.29, 0.717) is 10.0 Å². The molecule has 1 amide bonds. The Morgan fingerprint density at radius 2 is 2.13 bits per heavy atom. The van der Waals surface area contributed by atoms with E-state index < -0.39 is 0 Å². The SMILES string of the molecule is O=C(C=Cc1ccc(Cl)s1)Nc1ccc(N2CCOCC2)nc1. The number of carbonyl (C=O) groups excluding carboxylic acids is 1. The van der Waals surface area contributed by atoms with Gasteiger partial charge in [0, 0.05) is 24.0 Å². The molecule has 3 rings (SSSR count). The monoisotopic (exact) mass is 349 g/mol. The van der Waals surface area contributed by atoms with Gasteiger partial charge in [-0.25, -0.2) is 4.98 Å². The van der Waals surface area contributed by atoms with Crippen molar-refractivity contribution in [2.45, 2.75) is 0 Å². The third kappa shape index (κ3) is 4.54. The van der Waals surface area contributed by atoms with Gasteiger partial charge >= 0.3 is 0 Å². The summed E-state index contributed by atoms with van der Waals surface area (Å²) >= 11 is 7.27. The first-order valence-electron chi connectivity index (χ1n) is 7.24. The average Bonchev–Trinajstić information content (AvgIpc) is 3.00. The van der Waals surface area contributed by atoms with Crippen LogP contribution in [0.4, 0.5) is 11.5 Å². The summed E-state index contributed by atoms with van der Waals surface area (Å²) in [7, 11) is 0. The number of aromatic nitrogens is 1. The molecule has 0 spiro atoms. The van der Waals surface area contributed by atoms with Gasteiger partial charge in [0.1, 0.15) is 5.82 Å². The fourth-order valence-corrected chi connectivity index (χ4v) is 3.16. The molecule has 1 aliphatic rings. The van der Waals surface area contributed by atoms with Gasteiger partial charge in [0.25, 0.3) is 0 Å². The highest BCUT2D eigenvalue weighted by Gasteiger charge is 2.12. The Balaban J connectivity index is 1.57. The predicted molar refractivity (Wildman–Crippen MR) is 94.3 cm³/mol. The molecule has 0 radical (unpaired) electrons. The molecule has 1 saturated heterocycles. The first-order chi connectivity index (χ1) is 11.2. The Kier molecular flexibility index (Phi) is 5.27. The van der Waals surface area contributed by atoms with Crippen LogP contribution < -0.4 is 10.2 Å². The van der Waals surface area contributed by atoms with Crippen LogP contribution in [0.3, 0.4) is 0 Å². The molecule has 1 fully saturated rings. The summed E-state index contributed by atoms with van der Waals surface area (Å²) in [5.74, 6) is 0.700. The highest BCUT2D eigenvalue weighted by molar-refractivity contribution is 7.17. The van der Waals surface area contributed by atoms with Gasteiger partial charge in [0.2, 0.25) is 5.91 Å². The molecule has 2 aromatic heterocycles. The van der Waals surface area contributed by atoms with E-state index in [0.717, 1.165) is 37.0 Å². The number of morpholine rings is 1. The minimum Gasteiger partial charge on any atom is -0.378 e. The van der Waals surface area contributed by atoms with Crippen molar-refractivity contribution in [2.24, 2.45) is 0 Å². The van der Waals surface area contributed by atoms with E-state index >= 15 is 0 Å². The van der Waals surface area contributed by atoms with E-state index in [2.05, 4.69) is 15.2 Å². The van der Waals surface area contributed by atoms with E-state index in [1.807, 2.05) is 18.2 Å². The number of nitrogens with zero attached hydrogens (tertiary/aromatic N) is 2. The number of pyridine rings is 1. The fraction of sp³-hybridized carbons (Fsp3) is 0.250. The summed E-state index contributed by atoms with van der Waals surface area (Å²) in [4.78, 5) is 19.4. The third-order valence-corrected chi connectivity index (χ3v) is 4.54. The summed E-state index contributed by atoms with van der Waals surface area (Å²) in [5, 5.41) is 2.79. The number of hydrogen-bond donors (Lipinski definition) is 1. The first kappa shape index (κ1) is 16.0. The quantitative estimate of drug-likeness (QED) is 0.861. The zero-order valence-corrected chi connectivity index (χ0v) is 13.9. The first-order valence-corrected chi connectivity index (χ1v) is 8.43. The summed E-state index contributed by atoms with van der Waals surface area (Å²) in [6, 6.07) is 7.43. The lowest BCUT2D eigenvalue weighted by molar-refractivity contribution is -0.111. The summed E-state index contributed by atoms with van der Waals surface area (Å²) in [6.45, 7) is 3.12. The van der Waals surface area contributed by atoms with Crippen LogP contribution in [0, 0.1) is 0 Å². The van der Waals surface area contributed by atoms with Crippen LogP contribution in [0.1, 0.15) is 4.88 Å².